The summed E-state index contributed by atoms with van der Waals surface area (Å²) in [5.74, 6) is 0.700. The Labute approximate surface area is 99.1 Å². The van der Waals surface area contributed by atoms with Gasteiger partial charge in [0.1, 0.15) is 0 Å². The lowest BCUT2D eigenvalue weighted by Gasteiger charge is -2.40. The normalized spacial score (nSPS) is 27.8. The molecule has 0 spiro atoms. The van der Waals surface area contributed by atoms with Crippen LogP contribution < -0.4 is 0 Å². The number of nitrogens with zero attached hydrogens (tertiary/aromatic N) is 1. The van der Waals surface area contributed by atoms with Gasteiger partial charge in [-0.25, -0.2) is 0 Å². The standard InChI is InChI=1S/C13H25NO2/c1-10-6-7-14(11(2)8-10)9-13(3,4)12(15)16-5/h10-11H,6-9H2,1-5H3. The predicted octanol–water partition coefficient (Wildman–Crippen LogP) is 2.31. The van der Waals surface area contributed by atoms with Crippen LogP contribution in [-0.4, -0.2) is 37.1 Å². The van der Waals surface area contributed by atoms with Gasteiger partial charge in [0.05, 0.1) is 12.5 Å². The fourth-order valence-corrected chi connectivity index (χ4v) is 2.54. The second kappa shape index (κ2) is 5.17. The van der Waals surface area contributed by atoms with Gasteiger partial charge in [0, 0.05) is 12.6 Å². The summed E-state index contributed by atoms with van der Waals surface area (Å²) >= 11 is 0. The Balaban J connectivity index is 2.56. The Morgan fingerprint density at radius 1 is 1.44 bits per heavy atom. The van der Waals surface area contributed by atoms with Crippen LogP contribution in [0.5, 0.6) is 0 Å². The van der Waals surface area contributed by atoms with Gasteiger partial charge < -0.3 is 4.74 Å². The number of methoxy groups -OCH3 is 1. The van der Waals surface area contributed by atoms with Gasteiger partial charge in [0.2, 0.25) is 0 Å². The third-order valence-corrected chi connectivity index (χ3v) is 3.61. The molecule has 1 aliphatic heterocycles. The Morgan fingerprint density at radius 3 is 2.56 bits per heavy atom. The molecule has 1 rings (SSSR count). The third-order valence-electron chi connectivity index (χ3n) is 3.61. The predicted molar refractivity (Wildman–Crippen MR) is 65.2 cm³/mol. The van der Waals surface area contributed by atoms with E-state index < -0.39 is 5.41 Å². The van der Waals surface area contributed by atoms with Crippen molar-refractivity contribution < 1.29 is 9.53 Å². The van der Waals surface area contributed by atoms with Crippen LogP contribution in [0, 0.1) is 11.3 Å². The minimum atomic E-state index is -0.399. The lowest BCUT2D eigenvalue weighted by atomic mass is 9.88. The Morgan fingerprint density at radius 2 is 2.06 bits per heavy atom. The van der Waals surface area contributed by atoms with Crippen LogP contribution in [0.15, 0.2) is 0 Å². The molecule has 2 atom stereocenters. The van der Waals surface area contributed by atoms with Crippen molar-refractivity contribution in [3.63, 3.8) is 0 Å². The summed E-state index contributed by atoms with van der Waals surface area (Å²) in [6.45, 7) is 10.4. The van der Waals surface area contributed by atoms with Crippen molar-refractivity contribution in [3.8, 4) is 0 Å². The maximum atomic E-state index is 11.6. The van der Waals surface area contributed by atoms with Crippen molar-refractivity contribution in [2.24, 2.45) is 11.3 Å². The molecule has 0 radical (unpaired) electrons. The fourth-order valence-electron chi connectivity index (χ4n) is 2.54. The molecule has 1 heterocycles. The van der Waals surface area contributed by atoms with Crippen LogP contribution in [0.4, 0.5) is 0 Å². The third kappa shape index (κ3) is 3.21. The van der Waals surface area contributed by atoms with Crippen molar-refractivity contribution in [2.75, 3.05) is 20.2 Å². The molecular weight excluding hydrogens is 202 g/mol. The number of carbonyl (C=O) groups excluding carboxylic acids is 1. The van der Waals surface area contributed by atoms with Crippen molar-refractivity contribution >= 4 is 5.97 Å². The van der Waals surface area contributed by atoms with Gasteiger partial charge in [0.15, 0.2) is 0 Å². The molecule has 0 amide bonds. The van der Waals surface area contributed by atoms with E-state index in [0.29, 0.717) is 6.04 Å². The van der Waals surface area contributed by atoms with Gasteiger partial charge in [-0.15, -0.1) is 0 Å². The Hall–Kier alpha value is -0.570. The highest BCUT2D eigenvalue weighted by molar-refractivity contribution is 5.76. The maximum Gasteiger partial charge on any atom is 0.312 e. The minimum Gasteiger partial charge on any atom is -0.469 e. The van der Waals surface area contributed by atoms with E-state index in [0.717, 1.165) is 19.0 Å². The molecule has 0 bridgehead atoms. The molecule has 0 aromatic rings. The summed E-state index contributed by atoms with van der Waals surface area (Å²) < 4.78 is 4.85. The monoisotopic (exact) mass is 227 g/mol. The van der Waals surface area contributed by atoms with Crippen LogP contribution in [0.2, 0.25) is 0 Å². The maximum absolute atomic E-state index is 11.6. The first-order valence-electron chi connectivity index (χ1n) is 6.19. The van der Waals surface area contributed by atoms with E-state index in [2.05, 4.69) is 18.7 Å². The highest BCUT2D eigenvalue weighted by Gasteiger charge is 2.34. The first-order valence-corrected chi connectivity index (χ1v) is 6.19. The molecule has 2 unspecified atom stereocenters. The topological polar surface area (TPSA) is 29.5 Å². The molecule has 16 heavy (non-hydrogen) atoms. The molecule has 0 saturated carbocycles. The van der Waals surface area contributed by atoms with E-state index in [1.54, 1.807) is 0 Å². The number of hydrogen-bond donors (Lipinski definition) is 0. The number of piperidine rings is 1. The van der Waals surface area contributed by atoms with Crippen LogP contribution in [0.3, 0.4) is 0 Å². The number of ether oxygens (including phenoxy) is 1. The lowest BCUT2D eigenvalue weighted by molar-refractivity contribution is -0.152. The van der Waals surface area contributed by atoms with Crippen molar-refractivity contribution in [1.29, 1.82) is 0 Å². The summed E-state index contributed by atoms with van der Waals surface area (Å²) in [6.07, 6.45) is 2.47. The molecule has 0 aromatic carbocycles. The van der Waals surface area contributed by atoms with Crippen LogP contribution in [-0.2, 0) is 9.53 Å². The average Bonchev–Trinajstić information content (AvgIpc) is 2.21. The minimum absolute atomic E-state index is 0.113. The molecule has 1 fully saturated rings. The second-order valence-corrected chi connectivity index (χ2v) is 5.82. The Kier molecular flexibility index (Phi) is 4.36. The van der Waals surface area contributed by atoms with E-state index in [1.165, 1.54) is 20.0 Å². The zero-order chi connectivity index (χ0) is 12.3. The zero-order valence-electron chi connectivity index (χ0n) is 11.2. The van der Waals surface area contributed by atoms with Crippen LogP contribution in [0.1, 0.15) is 40.5 Å². The van der Waals surface area contributed by atoms with Crippen molar-refractivity contribution in [2.45, 2.75) is 46.6 Å². The van der Waals surface area contributed by atoms with Gasteiger partial charge in [-0.2, -0.15) is 0 Å². The number of esters is 1. The number of likely N-dealkylation sites (tertiary alicyclic amines) is 1. The summed E-state index contributed by atoms with van der Waals surface area (Å²) in [7, 11) is 1.46. The summed E-state index contributed by atoms with van der Waals surface area (Å²) in [5.41, 5.74) is -0.399. The highest BCUT2D eigenvalue weighted by atomic mass is 16.5. The van der Waals surface area contributed by atoms with E-state index >= 15 is 0 Å². The van der Waals surface area contributed by atoms with Crippen LogP contribution >= 0.6 is 0 Å². The largest absolute Gasteiger partial charge is 0.469 e. The quantitative estimate of drug-likeness (QED) is 0.693. The van der Waals surface area contributed by atoms with Gasteiger partial charge in [-0.05, 0) is 46.1 Å². The Bertz CT molecular complexity index is 250. The van der Waals surface area contributed by atoms with Gasteiger partial charge >= 0.3 is 5.97 Å². The lowest BCUT2D eigenvalue weighted by Crippen LogP contribution is -2.47. The number of hydrogen-bond acceptors (Lipinski definition) is 3. The second-order valence-electron chi connectivity index (χ2n) is 5.82. The molecule has 1 aliphatic rings. The molecular formula is C13H25NO2. The van der Waals surface area contributed by atoms with E-state index in [-0.39, 0.29) is 5.97 Å². The van der Waals surface area contributed by atoms with Gasteiger partial charge in [-0.1, -0.05) is 6.92 Å². The van der Waals surface area contributed by atoms with E-state index in [1.807, 2.05) is 13.8 Å². The summed E-state index contributed by atoms with van der Waals surface area (Å²) in [5, 5.41) is 0. The van der Waals surface area contributed by atoms with Crippen molar-refractivity contribution in [3.05, 3.63) is 0 Å². The van der Waals surface area contributed by atoms with Gasteiger partial charge in [-0.3, -0.25) is 9.69 Å². The summed E-state index contributed by atoms with van der Waals surface area (Å²) in [6, 6.07) is 0.577. The smallest absolute Gasteiger partial charge is 0.312 e. The van der Waals surface area contributed by atoms with Gasteiger partial charge in [0.25, 0.3) is 0 Å². The van der Waals surface area contributed by atoms with E-state index in [4.69, 9.17) is 4.74 Å². The van der Waals surface area contributed by atoms with Crippen molar-refractivity contribution in [1.82, 2.24) is 4.90 Å². The highest BCUT2D eigenvalue weighted by Crippen LogP contribution is 2.27. The first kappa shape index (κ1) is 13.5. The molecule has 3 heteroatoms. The summed E-state index contributed by atoms with van der Waals surface area (Å²) in [4.78, 5) is 14.0. The van der Waals surface area contributed by atoms with Crippen LogP contribution in [0.25, 0.3) is 0 Å². The first-order chi connectivity index (χ1) is 7.36. The molecule has 0 aliphatic carbocycles. The molecule has 0 N–H and O–H groups in total. The molecule has 0 aromatic heterocycles. The SMILES string of the molecule is COC(=O)C(C)(C)CN1CCC(C)CC1C. The average molecular weight is 227 g/mol. The number of carbonyl (C=O) groups is 1. The zero-order valence-corrected chi connectivity index (χ0v) is 11.2. The molecule has 1 saturated heterocycles. The van der Waals surface area contributed by atoms with E-state index in [9.17, 15) is 4.79 Å². The number of rotatable bonds is 3. The fraction of sp³-hybridized carbons (Fsp3) is 0.923. The molecule has 94 valence electrons. The molecule has 3 nitrogen and oxygen atoms in total.